The second-order valence-electron chi connectivity index (χ2n) is 6.33. The molecule has 0 heterocycles. The van der Waals surface area contributed by atoms with Crippen LogP contribution in [0.1, 0.15) is 41.5 Å². The van der Waals surface area contributed by atoms with E-state index in [1.54, 1.807) is 47.6 Å². The third kappa shape index (κ3) is 6.19. The van der Waals surface area contributed by atoms with E-state index >= 15 is 0 Å². The Kier molecular flexibility index (Phi) is 6.92. The average Bonchev–Trinajstić information content (AvgIpc) is 2.41. The number of allylic oxidation sites excluding steroid dienone is 1. The van der Waals surface area contributed by atoms with E-state index in [1.807, 2.05) is 0 Å². The van der Waals surface area contributed by atoms with Crippen LogP contribution in [0.4, 0.5) is 0 Å². The summed E-state index contributed by atoms with van der Waals surface area (Å²) < 4.78 is 10.3. The highest BCUT2D eigenvalue weighted by Gasteiger charge is 2.33. The van der Waals surface area contributed by atoms with Crippen molar-refractivity contribution in [3.8, 4) is 0 Å². The van der Waals surface area contributed by atoms with Crippen LogP contribution < -0.4 is 0 Å². The molecule has 0 bridgehead atoms. The van der Waals surface area contributed by atoms with Gasteiger partial charge in [0.1, 0.15) is 6.61 Å². The maximum absolute atomic E-state index is 12.0. The van der Waals surface area contributed by atoms with E-state index in [9.17, 15) is 9.59 Å². The number of aliphatic hydroxyl groups is 1. The first-order chi connectivity index (χ1) is 9.05. The van der Waals surface area contributed by atoms with E-state index < -0.39 is 22.8 Å². The lowest BCUT2D eigenvalue weighted by Gasteiger charge is -2.26. The van der Waals surface area contributed by atoms with Gasteiger partial charge in [-0.15, -0.1) is 0 Å². The fraction of sp³-hybridized carbons (Fsp3) is 0.733. The van der Waals surface area contributed by atoms with Gasteiger partial charge in [0.25, 0.3) is 0 Å². The number of rotatable bonds is 7. The lowest BCUT2D eigenvalue weighted by Crippen LogP contribution is -2.35. The van der Waals surface area contributed by atoms with Gasteiger partial charge < -0.3 is 14.6 Å². The number of hydrogen-bond acceptors (Lipinski definition) is 5. The molecule has 116 valence electrons. The van der Waals surface area contributed by atoms with Crippen LogP contribution in [0.15, 0.2) is 11.6 Å². The molecule has 0 aromatic heterocycles. The van der Waals surface area contributed by atoms with Crippen LogP contribution in [0.25, 0.3) is 0 Å². The van der Waals surface area contributed by atoms with E-state index in [2.05, 4.69) is 0 Å². The number of carbonyl (C=O) groups is 2. The average molecular weight is 286 g/mol. The highest BCUT2D eigenvalue weighted by molar-refractivity contribution is 5.88. The summed E-state index contributed by atoms with van der Waals surface area (Å²) in [5.74, 6) is -0.894. The molecule has 0 aliphatic carbocycles. The number of esters is 2. The van der Waals surface area contributed by atoms with E-state index in [0.717, 1.165) is 0 Å². The topological polar surface area (TPSA) is 72.8 Å². The van der Waals surface area contributed by atoms with Crippen LogP contribution in [0.3, 0.4) is 0 Å². The van der Waals surface area contributed by atoms with E-state index in [0.29, 0.717) is 5.57 Å². The van der Waals surface area contributed by atoms with Crippen LogP contribution in [0.2, 0.25) is 0 Å². The monoisotopic (exact) mass is 286 g/mol. The molecule has 0 aromatic carbocycles. The lowest BCUT2D eigenvalue weighted by molar-refractivity contribution is -0.163. The van der Waals surface area contributed by atoms with Crippen molar-refractivity contribution in [2.75, 3.05) is 19.8 Å². The Morgan fingerprint density at radius 1 is 1.10 bits per heavy atom. The Bertz CT molecular complexity index is 380. The smallest absolute Gasteiger partial charge is 0.333 e. The predicted octanol–water partition coefficient (Wildman–Crippen LogP) is 2.08. The zero-order chi connectivity index (χ0) is 16.0. The van der Waals surface area contributed by atoms with Gasteiger partial charge in [-0.1, -0.05) is 19.9 Å². The van der Waals surface area contributed by atoms with Crippen molar-refractivity contribution >= 4 is 11.9 Å². The third-order valence-electron chi connectivity index (χ3n) is 2.89. The Morgan fingerprint density at radius 3 is 2.10 bits per heavy atom. The zero-order valence-corrected chi connectivity index (χ0v) is 13.3. The molecule has 0 aliphatic rings. The van der Waals surface area contributed by atoms with Crippen molar-refractivity contribution in [1.82, 2.24) is 0 Å². The lowest BCUT2D eigenvalue weighted by atomic mass is 9.94. The molecule has 0 amide bonds. The molecule has 0 aromatic rings. The SMILES string of the molecule is CC=C(C)C(=O)OCC(C)(C)C(=O)OCC(C)(C)CO. The molecule has 0 unspecified atom stereocenters. The van der Waals surface area contributed by atoms with Gasteiger partial charge in [-0.05, 0) is 27.7 Å². The molecule has 0 atom stereocenters. The molecule has 5 heteroatoms. The van der Waals surface area contributed by atoms with Gasteiger partial charge in [0.05, 0.1) is 18.6 Å². The minimum Gasteiger partial charge on any atom is -0.465 e. The van der Waals surface area contributed by atoms with Gasteiger partial charge in [-0.3, -0.25) is 4.79 Å². The van der Waals surface area contributed by atoms with Crippen LogP contribution >= 0.6 is 0 Å². The molecule has 0 saturated heterocycles. The fourth-order valence-electron chi connectivity index (χ4n) is 1.04. The minimum atomic E-state index is -0.921. The molecule has 0 spiro atoms. The van der Waals surface area contributed by atoms with Crippen LogP contribution in [-0.4, -0.2) is 36.9 Å². The van der Waals surface area contributed by atoms with Gasteiger partial charge in [0.15, 0.2) is 0 Å². The summed E-state index contributed by atoms with van der Waals surface area (Å²) in [6.45, 7) is 10.3. The molecule has 0 fully saturated rings. The first-order valence-corrected chi connectivity index (χ1v) is 6.64. The summed E-state index contributed by atoms with van der Waals surface area (Å²) in [5, 5.41) is 9.11. The number of ether oxygens (including phenoxy) is 2. The van der Waals surface area contributed by atoms with Crippen LogP contribution in [-0.2, 0) is 19.1 Å². The van der Waals surface area contributed by atoms with Gasteiger partial charge in [-0.2, -0.15) is 0 Å². The molecular weight excluding hydrogens is 260 g/mol. The molecule has 0 saturated carbocycles. The molecule has 20 heavy (non-hydrogen) atoms. The molecule has 1 N–H and O–H groups in total. The Hall–Kier alpha value is -1.36. The van der Waals surface area contributed by atoms with E-state index in [-0.39, 0.29) is 19.8 Å². The van der Waals surface area contributed by atoms with Crippen molar-refractivity contribution in [3.63, 3.8) is 0 Å². The second kappa shape index (κ2) is 7.43. The maximum Gasteiger partial charge on any atom is 0.333 e. The Morgan fingerprint density at radius 2 is 1.65 bits per heavy atom. The molecule has 5 nitrogen and oxygen atoms in total. The van der Waals surface area contributed by atoms with Gasteiger partial charge in [-0.25, -0.2) is 4.79 Å². The Balaban J connectivity index is 4.42. The van der Waals surface area contributed by atoms with Crippen LogP contribution in [0.5, 0.6) is 0 Å². The summed E-state index contributed by atoms with van der Waals surface area (Å²) in [4.78, 5) is 23.5. The fourth-order valence-corrected chi connectivity index (χ4v) is 1.04. The highest BCUT2D eigenvalue weighted by Crippen LogP contribution is 2.21. The standard InChI is InChI=1S/C15H26O5/c1-7-11(2)12(17)19-10-15(5,6)13(18)20-9-14(3,4)8-16/h7,16H,8-10H2,1-6H3. The largest absolute Gasteiger partial charge is 0.465 e. The quantitative estimate of drug-likeness (QED) is 0.573. The van der Waals surface area contributed by atoms with Crippen molar-refractivity contribution in [3.05, 3.63) is 11.6 Å². The summed E-state index contributed by atoms with van der Waals surface area (Å²) in [7, 11) is 0. The molecule has 0 radical (unpaired) electrons. The van der Waals surface area contributed by atoms with Gasteiger partial charge in [0, 0.05) is 11.0 Å². The van der Waals surface area contributed by atoms with Crippen molar-refractivity contribution in [2.24, 2.45) is 10.8 Å². The van der Waals surface area contributed by atoms with E-state index in [4.69, 9.17) is 14.6 Å². The first kappa shape index (κ1) is 18.6. The van der Waals surface area contributed by atoms with E-state index in [1.165, 1.54) is 0 Å². The number of carbonyl (C=O) groups excluding carboxylic acids is 2. The minimum absolute atomic E-state index is 0.0462. The Labute approximate surface area is 121 Å². The summed E-state index contributed by atoms with van der Waals surface area (Å²) in [6, 6.07) is 0. The summed E-state index contributed by atoms with van der Waals surface area (Å²) >= 11 is 0. The van der Waals surface area contributed by atoms with Crippen molar-refractivity contribution in [2.45, 2.75) is 41.5 Å². The zero-order valence-electron chi connectivity index (χ0n) is 13.3. The highest BCUT2D eigenvalue weighted by atomic mass is 16.6. The predicted molar refractivity (Wildman–Crippen MR) is 76.0 cm³/mol. The number of hydrogen-bond donors (Lipinski definition) is 1. The normalized spacial score (nSPS) is 13.1. The van der Waals surface area contributed by atoms with Crippen molar-refractivity contribution in [1.29, 1.82) is 0 Å². The third-order valence-corrected chi connectivity index (χ3v) is 2.89. The molecule has 0 aliphatic heterocycles. The molecule has 0 rings (SSSR count). The van der Waals surface area contributed by atoms with Crippen LogP contribution in [0, 0.1) is 10.8 Å². The summed E-state index contributed by atoms with van der Waals surface area (Å²) in [5.41, 5.74) is -0.908. The second-order valence-corrected chi connectivity index (χ2v) is 6.33. The van der Waals surface area contributed by atoms with Gasteiger partial charge in [0.2, 0.25) is 0 Å². The van der Waals surface area contributed by atoms with Crippen molar-refractivity contribution < 1.29 is 24.2 Å². The first-order valence-electron chi connectivity index (χ1n) is 6.64. The van der Waals surface area contributed by atoms with Gasteiger partial charge >= 0.3 is 11.9 Å². The molecular formula is C15H26O5. The summed E-state index contributed by atoms with van der Waals surface area (Å²) in [6.07, 6.45) is 1.65. The number of aliphatic hydroxyl groups excluding tert-OH is 1. The maximum atomic E-state index is 12.0.